The summed E-state index contributed by atoms with van der Waals surface area (Å²) in [6.45, 7) is 7.35. The highest BCUT2D eigenvalue weighted by atomic mass is 16.3. The van der Waals surface area contributed by atoms with Gasteiger partial charge >= 0.3 is 0 Å². The summed E-state index contributed by atoms with van der Waals surface area (Å²) in [7, 11) is 0. The molecule has 0 amide bonds. The quantitative estimate of drug-likeness (QED) is 0.618. The van der Waals surface area contributed by atoms with Gasteiger partial charge in [-0.25, -0.2) is 0 Å². The van der Waals surface area contributed by atoms with Crippen molar-refractivity contribution in [3.63, 3.8) is 0 Å². The van der Waals surface area contributed by atoms with Gasteiger partial charge in [-0.2, -0.15) is 0 Å². The zero-order valence-corrected chi connectivity index (χ0v) is 10.6. The highest BCUT2D eigenvalue weighted by molar-refractivity contribution is 5.12. The monoisotopic (exact) mass is 227 g/mol. The Hall–Kier alpha value is -1.16. The van der Waals surface area contributed by atoms with Crippen molar-refractivity contribution in [2.75, 3.05) is 13.1 Å². The molecule has 0 aromatic rings. The predicted molar refractivity (Wildman–Crippen MR) is 68.4 cm³/mol. The molecular formula is C12H25N3O. The molecule has 4 heteroatoms. The van der Waals surface area contributed by atoms with E-state index in [1.807, 2.05) is 25.7 Å². The van der Waals surface area contributed by atoms with E-state index in [1.54, 1.807) is 12.2 Å². The average molecular weight is 227 g/mol. The summed E-state index contributed by atoms with van der Waals surface area (Å²) in [5.41, 5.74) is 12.1. The van der Waals surface area contributed by atoms with Gasteiger partial charge in [0.25, 0.3) is 0 Å². The lowest BCUT2D eigenvalue weighted by molar-refractivity contribution is 0.0873. The number of hydrogen-bond donors (Lipinski definition) is 3. The van der Waals surface area contributed by atoms with Crippen molar-refractivity contribution in [1.82, 2.24) is 4.90 Å². The highest BCUT2D eigenvalue weighted by Crippen LogP contribution is 2.12. The largest absolute Gasteiger partial charge is 0.402 e. The molecular weight excluding hydrogens is 202 g/mol. The van der Waals surface area contributed by atoms with Gasteiger partial charge in [-0.1, -0.05) is 13.8 Å². The van der Waals surface area contributed by atoms with Crippen LogP contribution in [0.15, 0.2) is 23.7 Å². The Morgan fingerprint density at radius 3 is 2.44 bits per heavy atom. The molecule has 4 nitrogen and oxygen atoms in total. The van der Waals surface area contributed by atoms with E-state index < -0.39 is 0 Å². The second-order valence-electron chi connectivity index (χ2n) is 3.74. The van der Waals surface area contributed by atoms with Gasteiger partial charge in [0.1, 0.15) is 0 Å². The normalized spacial score (nSPS) is 22.5. The number of aliphatic hydroxyl groups excluding tert-OH is 1. The fraction of sp³-hybridized carbons (Fsp3) is 0.667. The number of aliphatic hydroxyl groups is 1. The van der Waals surface area contributed by atoms with Gasteiger partial charge in [-0.15, -0.1) is 0 Å². The van der Waals surface area contributed by atoms with Gasteiger partial charge in [-0.05, 0) is 31.9 Å². The fourth-order valence-electron chi connectivity index (χ4n) is 1.51. The van der Waals surface area contributed by atoms with Crippen LogP contribution in [-0.2, 0) is 0 Å². The summed E-state index contributed by atoms with van der Waals surface area (Å²) in [6.07, 6.45) is 5.17. The molecule has 16 heavy (non-hydrogen) atoms. The van der Waals surface area contributed by atoms with Crippen LogP contribution in [0.5, 0.6) is 0 Å². The first-order valence-electron chi connectivity index (χ1n) is 5.92. The van der Waals surface area contributed by atoms with Gasteiger partial charge in [0.05, 0.1) is 11.9 Å². The van der Waals surface area contributed by atoms with E-state index in [9.17, 15) is 5.11 Å². The van der Waals surface area contributed by atoms with Crippen molar-refractivity contribution in [3.8, 4) is 0 Å². The van der Waals surface area contributed by atoms with E-state index in [0.717, 1.165) is 25.1 Å². The maximum Gasteiger partial charge on any atom is 0.0987 e. The third-order valence-corrected chi connectivity index (χ3v) is 2.28. The number of rotatable bonds is 2. The van der Waals surface area contributed by atoms with Crippen LogP contribution in [0.25, 0.3) is 0 Å². The maximum absolute atomic E-state index is 9.44. The summed E-state index contributed by atoms with van der Waals surface area (Å²) in [4.78, 5) is 1.98. The Kier molecular flexibility index (Phi) is 7.46. The topological polar surface area (TPSA) is 75.5 Å². The molecule has 0 bridgehead atoms. The number of nitrogens with two attached hydrogens (primary N) is 2. The molecule has 0 aliphatic carbocycles. The predicted octanol–water partition coefficient (Wildman–Crippen LogP) is 1.13. The van der Waals surface area contributed by atoms with Crippen LogP contribution >= 0.6 is 0 Å². The molecule has 0 aromatic carbocycles. The lowest BCUT2D eigenvalue weighted by atomic mass is 10.1. The Bertz CT molecular complexity index is 245. The summed E-state index contributed by atoms with van der Waals surface area (Å²) >= 11 is 0. The van der Waals surface area contributed by atoms with E-state index in [4.69, 9.17) is 11.5 Å². The van der Waals surface area contributed by atoms with Crippen LogP contribution in [0.2, 0.25) is 0 Å². The molecule has 0 aromatic heterocycles. The zero-order chi connectivity index (χ0) is 12.6. The summed E-state index contributed by atoms with van der Waals surface area (Å²) < 4.78 is 0. The number of hydrogen-bond acceptors (Lipinski definition) is 4. The molecule has 0 radical (unpaired) electrons. The summed E-state index contributed by atoms with van der Waals surface area (Å²) in [5, 5.41) is 9.44. The summed E-state index contributed by atoms with van der Waals surface area (Å²) in [5.74, 6) is 0.675. The minimum atomic E-state index is -0.251. The average Bonchev–Trinajstić information content (AvgIpc) is 2.28. The minimum Gasteiger partial charge on any atom is -0.402 e. The Morgan fingerprint density at radius 2 is 1.94 bits per heavy atom. The van der Waals surface area contributed by atoms with Crippen molar-refractivity contribution < 1.29 is 5.11 Å². The smallest absolute Gasteiger partial charge is 0.0987 e. The Labute approximate surface area is 98.6 Å². The Balaban J connectivity index is 0.00000106. The van der Waals surface area contributed by atoms with Crippen LogP contribution in [0, 0.1) is 0 Å². The van der Waals surface area contributed by atoms with E-state index in [-0.39, 0.29) is 6.10 Å². The molecule has 0 saturated carbocycles. The van der Waals surface area contributed by atoms with Crippen LogP contribution in [0.1, 0.15) is 33.6 Å². The number of allylic oxidation sites excluding steroid dienone is 3. The zero-order valence-electron chi connectivity index (χ0n) is 10.6. The van der Waals surface area contributed by atoms with Crippen molar-refractivity contribution in [1.29, 1.82) is 0 Å². The number of likely N-dealkylation sites (tertiary alicyclic amines) is 1. The number of β-amino-alcohol motifs (C(OH)–C–C–N with tert-alkyl or cyclic N) is 1. The van der Waals surface area contributed by atoms with Gasteiger partial charge in [0.2, 0.25) is 0 Å². The molecule has 1 rings (SSSR count). The number of piperidine rings is 1. The molecule has 1 unspecified atom stereocenters. The Morgan fingerprint density at radius 1 is 1.31 bits per heavy atom. The lowest BCUT2D eigenvalue weighted by Crippen LogP contribution is -2.39. The molecule has 1 fully saturated rings. The van der Waals surface area contributed by atoms with Gasteiger partial charge in [0.15, 0.2) is 0 Å². The van der Waals surface area contributed by atoms with Crippen LogP contribution in [0.4, 0.5) is 0 Å². The molecule has 1 saturated heterocycles. The molecule has 5 N–H and O–H groups in total. The second kappa shape index (κ2) is 8.05. The van der Waals surface area contributed by atoms with Crippen molar-refractivity contribution >= 4 is 0 Å². The first-order valence-corrected chi connectivity index (χ1v) is 5.92. The van der Waals surface area contributed by atoms with Gasteiger partial charge < -0.3 is 21.5 Å². The maximum atomic E-state index is 9.44. The van der Waals surface area contributed by atoms with Crippen LogP contribution in [0.3, 0.4) is 0 Å². The molecule has 1 heterocycles. The highest BCUT2D eigenvalue weighted by Gasteiger charge is 2.17. The fourth-order valence-corrected chi connectivity index (χ4v) is 1.51. The van der Waals surface area contributed by atoms with Gasteiger partial charge in [-0.3, -0.25) is 0 Å². The van der Waals surface area contributed by atoms with Crippen LogP contribution in [-0.4, -0.2) is 29.2 Å². The SMILES string of the molecule is C/C(N)=C/C=C(\N)N1CCCC(O)C1.CC. The second-order valence-corrected chi connectivity index (χ2v) is 3.74. The van der Waals surface area contributed by atoms with Crippen LogP contribution < -0.4 is 11.5 Å². The molecule has 1 atom stereocenters. The van der Waals surface area contributed by atoms with E-state index >= 15 is 0 Å². The minimum absolute atomic E-state index is 0.251. The molecule has 1 aliphatic heterocycles. The lowest BCUT2D eigenvalue weighted by Gasteiger charge is -2.31. The first-order chi connectivity index (χ1) is 7.59. The third kappa shape index (κ3) is 5.66. The molecule has 94 valence electrons. The van der Waals surface area contributed by atoms with E-state index in [0.29, 0.717) is 12.4 Å². The standard InChI is InChI=1S/C10H19N3O.C2H6/c1-8(11)4-5-10(12)13-6-2-3-9(14)7-13;1-2/h4-5,9,14H,2-3,6-7,11-12H2,1H3;1-2H3/b8-4-,10-5+;. The number of nitrogens with zero attached hydrogens (tertiary/aromatic N) is 1. The van der Waals surface area contributed by atoms with Gasteiger partial charge in [0, 0.05) is 18.8 Å². The van der Waals surface area contributed by atoms with Crippen molar-refractivity contribution in [2.24, 2.45) is 11.5 Å². The third-order valence-electron chi connectivity index (χ3n) is 2.28. The molecule has 0 spiro atoms. The van der Waals surface area contributed by atoms with Crippen molar-refractivity contribution in [3.05, 3.63) is 23.7 Å². The first kappa shape index (κ1) is 14.8. The van der Waals surface area contributed by atoms with E-state index in [2.05, 4.69) is 0 Å². The summed E-state index contributed by atoms with van der Waals surface area (Å²) in [6, 6.07) is 0. The van der Waals surface area contributed by atoms with E-state index in [1.165, 1.54) is 0 Å². The van der Waals surface area contributed by atoms with Crippen molar-refractivity contribution in [2.45, 2.75) is 39.7 Å². The molecule has 1 aliphatic rings.